The smallest absolute Gasteiger partial charge is 0.0820 e. The van der Waals surface area contributed by atoms with Crippen LogP contribution in [0.25, 0.3) is 0 Å². The zero-order chi connectivity index (χ0) is 14.0. The number of aliphatic hydroxyl groups is 6. The third-order valence-electron chi connectivity index (χ3n) is 2.99. The van der Waals surface area contributed by atoms with Crippen molar-refractivity contribution in [1.29, 1.82) is 0 Å². The third kappa shape index (κ3) is 7.97. The second-order valence-corrected chi connectivity index (χ2v) is 4.58. The quantitative estimate of drug-likeness (QED) is 0.260. The van der Waals surface area contributed by atoms with Gasteiger partial charge in [-0.3, -0.25) is 0 Å². The van der Waals surface area contributed by atoms with Gasteiger partial charge in [-0.15, -0.1) is 0 Å². The van der Waals surface area contributed by atoms with Gasteiger partial charge in [0.2, 0.25) is 0 Å². The van der Waals surface area contributed by atoms with Crippen molar-refractivity contribution in [2.24, 2.45) is 0 Å². The van der Waals surface area contributed by atoms with Crippen LogP contribution in [0.2, 0.25) is 0 Å². The van der Waals surface area contributed by atoms with Crippen molar-refractivity contribution in [3.8, 4) is 0 Å². The van der Waals surface area contributed by atoms with E-state index in [0.717, 1.165) is 0 Å². The van der Waals surface area contributed by atoms with Gasteiger partial charge in [0.15, 0.2) is 0 Å². The van der Waals surface area contributed by atoms with Crippen molar-refractivity contribution in [3.05, 3.63) is 0 Å². The van der Waals surface area contributed by atoms with Gasteiger partial charge < -0.3 is 30.6 Å². The predicted octanol–water partition coefficient (Wildman–Crippen LogP) is -1.24. The summed E-state index contributed by atoms with van der Waals surface area (Å²) in [5.41, 5.74) is 0. The number of unbranched alkanes of at least 4 members (excludes halogenated alkanes) is 1. The van der Waals surface area contributed by atoms with Crippen LogP contribution in [0.5, 0.6) is 0 Å². The average molecular weight is 266 g/mol. The standard InChI is InChI=1S/C12H26O6/c13-7-5-11(17)9(15)3-1-2-4-10(16)12(18)6-8-14/h9-18H,1-8H2. The van der Waals surface area contributed by atoms with E-state index in [1.54, 1.807) is 0 Å². The first-order valence-electron chi connectivity index (χ1n) is 6.46. The fourth-order valence-corrected chi connectivity index (χ4v) is 1.74. The molecule has 4 atom stereocenters. The van der Waals surface area contributed by atoms with E-state index in [0.29, 0.717) is 25.7 Å². The van der Waals surface area contributed by atoms with Gasteiger partial charge in [-0.05, 0) is 25.7 Å². The van der Waals surface area contributed by atoms with Gasteiger partial charge in [-0.25, -0.2) is 0 Å². The number of hydrogen-bond donors (Lipinski definition) is 6. The Kier molecular flexibility index (Phi) is 10.5. The second-order valence-electron chi connectivity index (χ2n) is 4.58. The summed E-state index contributed by atoms with van der Waals surface area (Å²) in [6.45, 7) is -0.325. The first-order chi connectivity index (χ1) is 8.52. The largest absolute Gasteiger partial charge is 0.396 e. The van der Waals surface area contributed by atoms with Gasteiger partial charge in [0, 0.05) is 13.2 Å². The highest BCUT2D eigenvalue weighted by Gasteiger charge is 2.17. The Balaban J connectivity index is 3.60. The molecule has 6 nitrogen and oxygen atoms in total. The molecule has 0 aliphatic heterocycles. The van der Waals surface area contributed by atoms with Crippen molar-refractivity contribution in [2.45, 2.75) is 62.9 Å². The highest BCUT2D eigenvalue weighted by molar-refractivity contribution is 4.69. The fourth-order valence-electron chi connectivity index (χ4n) is 1.74. The molecule has 0 fully saturated rings. The molecular weight excluding hydrogens is 240 g/mol. The highest BCUT2D eigenvalue weighted by atomic mass is 16.3. The minimum Gasteiger partial charge on any atom is -0.396 e. The molecular formula is C12H26O6. The Labute approximate surface area is 108 Å². The molecule has 0 aliphatic carbocycles. The maximum Gasteiger partial charge on any atom is 0.0820 e. The van der Waals surface area contributed by atoms with Crippen LogP contribution in [0.4, 0.5) is 0 Å². The van der Waals surface area contributed by atoms with Gasteiger partial charge in [-0.2, -0.15) is 0 Å². The van der Waals surface area contributed by atoms with E-state index in [9.17, 15) is 20.4 Å². The van der Waals surface area contributed by atoms with Crippen molar-refractivity contribution in [1.82, 2.24) is 0 Å². The summed E-state index contributed by atoms with van der Waals surface area (Å²) in [7, 11) is 0. The highest BCUT2D eigenvalue weighted by Crippen LogP contribution is 2.12. The van der Waals surface area contributed by atoms with Crippen LogP contribution in [-0.4, -0.2) is 68.3 Å². The normalized spacial score (nSPS) is 18.3. The van der Waals surface area contributed by atoms with Crippen molar-refractivity contribution in [2.75, 3.05) is 13.2 Å². The Morgan fingerprint density at radius 2 is 0.778 bits per heavy atom. The van der Waals surface area contributed by atoms with Crippen molar-refractivity contribution < 1.29 is 30.6 Å². The molecule has 0 spiro atoms. The molecule has 6 N–H and O–H groups in total. The lowest BCUT2D eigenvalue weighted by molar-refractivity contribution is -0.00764. The predicted molar refractivity (Wildman–Crippen MR) is 65.9 cm³/mol. The fraction of sp³-hybridized carbons (Fsp3) is 1.00. The second kappa shape index (κ2) is 10.7. The van der Waals surface area contributed by atoms with Crippen molar-refractivity contribution >= 4 is 0 Å². The molecule has 0 rings (SSSR count). The number of hydrogen-bond acceptors (Lipinski definition) is 6. The molecule has 0 aromatic rings. The van der Waals surface area contributed by atoms with Crippen molar-refractivity contribution in [3.63, 3.8) is 0 Å². The number of rotatable bonds is 11. The van der Waals surface area contributed by atoms with Crippen LogP contribution in [0.15, 0.2) is 0 Å². The van der Waals surface area contributed by atoms with Crippen LogP contribution in [0, 0.1) is 0 Å². The topological polar surface area (TPSA) is 121 Å². The lowest BCUT2D eigenvalue weighted by atomic mass is 10.0. The van der Waals surface area contributed by atoms with Crippen LogP contribution >= 0.6 is 0 Å². The van der Waals surface area contributed by atoms with E-state index in [1.165, 1.54) is 0 Å². The minimum atomic E-state index is -0.917. The summed E-state index contributed by atoms with van der Waals surface area (Å²) in [6, 6.07) is 0. The van der Waals surface area contributed by atoms with Gasteiger partial charge in [0.25, 0.3) is 0 Å². The Bertz CT molecular complexity index is 169. The third-order valence-corrected chi connectivity index (χ3v) is 2.99. The van der Waals surface area contributed by atoms with Crippen LogP contribution in [0.1, 0.15) is 38.5 Å². The van der Waals surface area contributed by atoms with Crippen LogP contribution < -0.4 is 0 Å². The summed E-state index contributed by atoms with van der Waals surface area (Å²) in [5, 5.41) is 54.9. The summed E-state index contributed by atoms with van der Waals surface area (Å²) < 4.78 is 0. The SMILES string of the molecule is OCCC(O)C(O)CCCCC(O)C(O)CCO. The molecule has 0 saturated heterocycles. The monoisotopic (exact) mass is 266 g/mol. The average Bonchev–Trinajstić information content (AvgIpc) is 2.34. The Hall–Kier alpha value is -0.240. The van der Waals surface area contributed by atoms with E-state index in [1.807, 2.05) is 0 Å². The van der Waals surface area contributed by atoms with Gasteiger partial charge in [0.1, 0.15) is 0 Å². The molecule has 0 radical (unpaired) electrons. The maximum absolute atomic E-state index is 9.50. The molecule has 18 heavy (non-hydrogen) atoms. The molecule has 0 aromatic heterocycles. The lowest BCUT2D eigenvalue weighted by Gasteiger charge is -2.18. The summed E-state index contributed by atoms with van der Waals surface area (Å²) in [4.78, 5) is 0. The first-order valence-corrected chi connectivity index (χ1v) is 6.46. The zero-order valence-electron chi connectivity index (χ0n) is 10.6. The molecule has 0 heterocycles. The maximum atomic E-state index is 9.50. The molecule has 0 amide bonds. The van der Waals surface area contributed by atoms with Crippen LogP contribution in [-0.2, 0) is 0 Å². The molecule has 0 bridgehead atoms. The van der Waals surface area contributed by atoms with E-state index in [4.69, 9.17) is 10.2 Å². The number of aliphatic hydroxyl groups excluding tert-OH is 6. The van der Waals surface area contributed by atoms with Gasteiger partial charge >= 0.3 is 0 Å². The summed E-state index contributed by atoms with van der Waals surface area (Å²) in [5.74, 6) is 0. The van der Waals surface area contributed by atoms with E-state index in [-0.39, 0.29) is 26.1 Å². The molecule has 4 unspecified atom stereocenters. The zero-order valence-corrected chi connectivity index (χ0v) is 10.6. The van der Waals surface area contributed by atoms with E-state index >= 15 is 0 Å². The molecule has 0 saturated carbocycles. The first kappa shape index (κ1) is 17.8. The van der Waals surface area contributed by atoms with E-state index < -0.39 is 24.4 Å². The van der Waals surface area contributed by atoms with Crippen LogP contribution in [0.3, 0.4) is 0 Å². The van der Waals surface area contributed by atoms with E-state index in [2.05, 4.69) is 0 Å². The minimum absolute atomic E-state index is 0.152. The Morgan fingerprint density at radius 3 is 1.06 bits per heavy atom. The molecule has 0 aromatic carbocycles. The molecule has 110 valence electrons. The summed E-state index contributed by atoms with van der Waals surface area (Å²) in [6.07, 6.45) is -1.24. The Morgan fingerprint density at radius 1 is 0.500 bits per heavy atom. The van der Waals surface area contributed by atoms with Gasteiger partial charge in [0.05, 0.1) is 24.4 Å². The van der Waals surface area contributed by atoms with Gasteiger partial charge in [-0.1, -0.05) is 12.8 Å². The molecule has 0 aliphatic rings. The lowest BCUT2D eigenvalue weighted by Crippen LogP contribution is -2.28. The molecule has 6 heteroatoms. The summed E-state index contributed by atoms with van der Waals surface area (Å²) >= 11 is 0.